The zero-order valence-electron chi connectivity index (χ0n) is 12.5. The molecule has 1 fully saturated rings. The molecule has 1 aromatic carbocycles. The van der Waals surface area contributed by atoms with E-state index >= 15 is 0 Å². The van der Waals surface area contributed by atoms with Gasteiger partial charge in [-0.25, -0.2) is 8.42 Å². The lowest BCUT2D eigenvalue weighted by atomic mass is 9.99. The number of halogens is 2. The molecule has 0 spiro atoms. The van der Waals surface area contributed by atoms with E-state index in [-0.39, 0.29) is 4.90 Å². The Balaban J connectivity index is 2.10. The number of ether oxygens (including phenoxy) is 1. The minimum absolute atomic E-state index is 0.339. The van der Waals surface area contributed by atoms with Gasteiger partial charge in [-0.15, -0.1) is 0 Å². The van der Waals surface area contributed by atoms with Crippen LogP contribution >= 0.6 is 0 Å². The second kappa shape index (κ2) is 7.37. The molecule has 124 valence electrons. The van der Waals surface area contributed by atoms with Crippen molar-refractivity contribution in [1.29, 1.82) is 0 Å². The summed E-state index contributed by atoms with van der Waals surface area (Å²) in [7, 11) is -4.52. The third kappa shape index (κ3) is 3.95. The molecule has 0 radical (unpaired) electrons. The van der Waals surface area contributed by atoms with Crippen LogP contribution < -0.4 is 4.90 Å². The number of hydrogen-bond acceptors (Lipinski definition) is 4. The molecule has 0 N–H and O–H groups in total. The predicted octanol–water partition coefficient (Wildman–Crippen LogP) is 2.94. The molecule has 1 aliphatic rings. The molecule has 0 unspecified atom stereocenters. The molecule has 7 heteroatoms. The maximum absolute atomic E-state index is 12.5. The molecule has 0 aliphatic carbocycles. The molecule has 4 nitrogen and oxygen atoms in total. The van der Waals surface area contributed by atoms with Gasteiger partial charge in [0.25, 0.3) is 0 Å². The maximum atomic E-state index is 12.5. The van der Waals surface area contributed by atoms with Crippen LogP contribution in [0.4, 0.5) is 14.5 Å². The van der Waals surface area contributed by atoms with Crippen molar-refractivity contribution in [2.45, 2.75) is 30.4 Å². The quantitative estimate of drug-likeness (QED) is 0.803. The summed E-state index contributed by atoms with van der Waals surface area (Å²) in [4.78, 5) is 1.79. The third-order valence-corrected chi connectivity index (χ3v) is 5.36. The molecule has 1 saturated heterocycles. The van der Waals surface area contributed by atoms with Gasteiger partial charge in [-0.05, 0) is 49.9 Å². The Bertz CT molecular complexity index is 569. The van der Waals surface area contributed by atoms with Crippen molar-refractivity contribution in [3.05, 3.63) is 24.3 Å². The number of sulfone groups is 1. The fourth-order valence-electron chi connectivity index (χ4n) is 2.61. The van der Waals surface area contributed by atoms with Crippen molar-refractivity contribution < 1.29 is 21.9 Å². The van der Waals surface area contributed by atoms with Crippen molar-refractivity contribution in [2.75, 3.05) is 31.2 Å². The van der Waals surface area contributed by atoms with Gasteiger partial charge in [0.05, 0.1) is 4.90 Å². The molecule has 0 bridgehead atoms. The summed E-state index contributed by atoms with van der Waals surface area (Å²) in [5.41, 5.74) is 0.849. The van der Waals surface area contributed by atoms with E-state index in [1.54, 1.807) is 12.1 Å². The highest BCUT2D eigenvalue weighted by atomic mass is 32.2. The first-order valence-corrected chi connectivity index (χ1v) is 8.94. The van der Waals surface area contributed by atoms with E-state index < -0.39 is 15.6 Å². The fourth-order valence-corrected chi connectivity index (χ4v) is 3.33. The van der Waals surface area contributed by atoms with Crippen molar-refractivity contribution in [3.8, 4) is 0 Å². The minimum Gasteiger partial charge on any atom is -0.381 e. The first-order chi connectivity index (χ1) is 10.4. The Kier molecular flexibility index (Phi) is 5.74. The first kappa shape index (κ1) is 17.1. The largest absolute Gasteiger partial charge is 0.381 e. The Labute approximate surface area is 130 Å². The van der Waals surface area contributed by atoms with Crippen molar-refractivity contribution >= 4 is 15.5 Å². The molecule has 0 atom stereocenters. The van der Waals surface area contributed by atoms with Gasteiger partial charge in [0.2, 0.25) is 9.84 Å². The second-order valence-corrected chi connectivity index (χ2v) is 7.31. The Morgan fingerprint density at radius 1 is 1.23 bits per heavy atom. The fraction of sp³-hybridized carbons (Fsp3) is 0.600. The SMILES string of the molecule is CCN(CC1CCOCC1)c1ccc(S(=O)(=O)C(F)F)cc1. The number of anilines is 1. The lowest BCUT2D eigenvalue weighted by Gasteiger charge is -2.30. The second-order valence-electron chi connectivity index (χ2n) is 5.39. The topological polar surface area (TPSA) is 46.6 Å². The van der Waals surface area contributed by atoms with E-state index in [2.05, 4.69) is 4.90 Å². The summed E-state index contributed by atoms with van der Waals surface area (Å²) in [6.07, 6.45) is 2.02. The molecule has 1 heterocycles. The van der Waals surface area contributed by atoms with Gasteiger partial charge < -0.3 is 9.64 Å². The average molecular weight is 333 g/mol. The number of rotatable bonds is 6. The Morgan fingerprint density at radius 2 is 1.82 bits per heavy atom. The molecule has 0 amide bonds. The molecule has 0 saturated carbocycles. The van der Waals surface area contributed by atoms with Gasteiger partial charge in [-0.1, -0.05) is 0 Å². The van der Waals surface area contributed by atoms with Crippen LogP contribution in [-0.2, 0) is 14.6 Å². The standard InChI is InChI=1S/C15H21F2NO3S/c1-2-18(11-12-7-9-21-10-8-12)13-3-5-14(6-4-13)22(19,20)15(16)17/h3-6,12,15H,2,7-11H2,1H3. The Morgan fingerprint density at radius 3 is 2.32 bits per heavy atom. The van der Waals surface area contributed by atoms with Crippen LogP contribution in [0, 0.1) is 5.92 Å². The molecule has 0 aromatic heterocycles. The highest BCUT2D eigenvalue weighted by Gasteiger charge is 2.26. The van der Waals surface area contributed by atoms with Gasteiger partial charge in [0, 0.05) is 32.0 Å². The number of alkyl halides is 2. The van der Waals surface area contributed by atoms with Gasteiger partial charge >= 0.3 is 5.76 Å². The van der Waals surface area contributed by atoms with E-state index in [9.17, 15) is 17.2 Å². The Hall–Kier alpha value is -1.21. The minimum atomic E-state index is -4.52. The van der Waals surface area contributed by atoms with Crippen molar-refractivity contribution in [2.24, 2.45) is 5.92 Å². The molecule has 1 aromatic rings. The van der Waals surface area contributed by atoms with Crippen LogP contribution in [0.25, 0.3) is 0 Å². The lowest BCUT2D eigenvalue weighted by Crippen LogP contribution is -2.32. The van der Waals surface area contributed by atoms with Crippen LogP contribution in [0.15, 0.2) is 29.2 Å². The van der Waals surface area contributed by atoms with E-state index in [0.717, 1.165) is 44.8 Å². The van der Waals surface area contributed by atoms with Gasteiger partial charge in [0.1, 0.15) is 0 Å². The molecule has 1 aliphatic heterocycles. The van der Waals surface area contributed by atoms with E-state index in [1.807, 2.05) is 6.92 Å². The van der Waals surface area contributed by atoms with Crippen LogP contribution in [-0.4, -0.2) is 40.5 Å². The van der Waals surface area contributed by atoms with E-state index in [1.165, 1.54) is 12.1 Å². The molecular weight excluding hydrogens is 312 g/mol. The average Bonchev–Trinajstić information content (AvgIpc) is 2.53. The molecular formula is C15H21F2NO3S. The number of benzene rings is 1. The highest BCUT2D eigenvalue weighted by molar-refractivity contribution is 7.91. The maximum Gasteiger partial charge on any atom is 0.341 e. The summed E-state index contributed by atoms with van der Waals surface area (Å²) in [5.74, 6) is -2.85. The van der Waals surface area contributed by atoms with E-state index in [4.69, 9.17) is 4.74 Å². The van der Waals surface area contributed by atoms with Gasteiger partial charge in [0.15, 0.2) is 0 Å². The monoisotopic (exact) mass is 333 g/mol. The smallest absolute Gasteiger partial charge is 0.341 e. The third-order valence-electron chi connectivity index (χ3n) is 3.97. The van der Waals surface area contributed by atoms with Crippen molar-refractivity contribution in [3.63, 3.8) is 0 Å². The summed E-state index contributed by atoms with van der Waals surface area (Å²) in [6.45, 7) is 5.20. The lowest BCUT2D eigenvalue weighted by molar-refractivity contribution is 0.0683. The normalized spacial score (nSPS) is 16.9. The van der Waals surface area contributed by atoms with Gasteiger partial charge in [-0.3, -0.25) is 0 Å². The number of nitrogens with zero attached hydrogens (tertiary/aromatic N) is 1. The summed E-state index contributed by atoms with van der Waals surface area (Å²) >= 11 is 0. The predicted molar refractivity (Wildman–Crippen MR) is 81.1 cm³/mol. The zero-order valence-corrected chi connectivity index (χ0v) is 13.4. The number of hydrogen-bond donors (Lipinski definition) is 0. The molecule has 22 heavy (non-hydrogen) atoms. The summed E-state index contributed by atoms with van der Waals surface area (Å²) in [5, 5.41) is 0. The van der Waals surface area contributed by atoms with Crippen LogP contribution in [0.1, 0.15) is 19.8 Å². The van der Waals surface area contributed by atoms with Crippen LogP contribution in [0.3, 0.4) is 0 Å². The van der Waals surface area contributed by atoms with Crippen molar-refractivity contribution in [1.82, 2.24) is 0 Å². The zero-order chi connectivity index (χ0) is 16.2. The van der Waals surface area contributed by atoms with Crippen LogP contribution in [0.2, 0.25) is 0 Å². The first-order valence-electron chi connectivity index (χ1n) is 7.40. The summed E-state index contributed by atoms with van der Waals surface area (Å²) in [6, 6.07) is 5.70. The molecule has 2 rings (SSSR count). The summed E-state index contributed by atoms with van der Waals surface area (Å²) < 4.78 is 53.2. The van der Waals surface area contributed by atoms with Crippen LogP contribution in [0.5, 0.6) is 0 Å². The van der Waals surface area contributed by atoms with Gasteiger partial charge in [-0.2, -0.15) is 8.78 Å². The highest BCUT2D eigenvalue weighted by Crippen LogP contribution is 2.24. The van der Waals surface area contributed by atoms with E-state index in [0.29, 0.717) is 5.92 Å².